The standard InChI is InChI=1S/C10H13Cl2N3/c11-8-6-14-10(12)15-9(8)13-5-7-3-1-2-4-7/h6-7H,1-5H2,(H,13,14,15). The van der Waals surface area contributed by atoms with Gasteiger partial charge in [0.15, 0.2) is 0 Å². The van der Waals surface area contributed by atoms with Gasteiger partial charge in [-0.3, -0.25) is 0 Å². The zero-order chi connectivity index (χ0) is 10.7. The molecule has 0 saturated heterocycles. The molecule has 1 aromatic rings. The van der Waals surface area contributed by atoms with Crippen molar-refractivity contribution in [2.24, 2.45) is 5.92 Å². The highest BCUT2D eigenvalue weighted by Crippen LogP contribution is 2.26. The molecule has 3 nitrogen and oxygen atoms in total. The Kier molecular flexibility index (Phi) is 3.65. The second kappa shape index (κ2) is 4.99. The molecule has 0 aromatic carbocycles. The molecular formula is C10H13Cl2N3. The van der Waals surface area contributed by atoms with E-state index in [2.05, 4.69) is 15.3 Å². The van der Waals surface area contributed by atoms with E-state index < -0.39 is 0 Å². The molecule has 0 spiro atoms. The minimum Gasteiger partial charge on any atom is -0.368 e. The summed E-state index contributed by atoms with van der Waals surface area (Å²) in [6.45, 7) is 0.924. The number of rotatable bonds is 3. The fourth-order valence-electron chi connectivity index (χ4n) is 1.93. The van der Waals surface area contributed by atoms with Crippen molar-refractivity contribution in [1.82, 2.24) is 9.97 Å². The number of anilines is 1. The molecule has 1 saturated carbocycles. The summed E-state index contributed by atoms with van der Waals surface area (Å²) in [5, 5.41) is 3.98. The molecule has 15 heavy (non-hydrogen) atoms. The average Bonchev–Trinajstić information content (AvgIpc) is 2.72. The Labute approximate surface area is 99.2 Å². The van der Waals surface area contributed by atoms with E-state index in [1.807, 2.05) is 0 Å². The molecule has 1 aliphatic rings. The minimum absolute atomic E-state index is 0.230. The summed E-state index contributed by atoms with van der Waals surface area (Å²) in [6.07, 6.45) is 6.79. The molecule has 0 amide bonds. The van der Waals surface area contributed by atoms with Crippen LogP contribution in [0.1, 0.15) is 25.7 Å². The maximum atomic E-state index is 5.94. The Bertz CT molecular complexity index is 337. The Morgan fingerprint density at radius 3 is 2.80 bits per heavy atom. The topological polar surface area (TPSA) is 37.8 Å². The van der Waals surface area contributed by atoms with Gasteiger partial charge in [0.1, 0.15) is 10.8 Å². The third kappa shape index (κ3) is 2.95. The first-order chi connectivity index (χ1) is 7.25. The highest BCUT2D eigenvalue weighted by Gasteiger charge is 2.15. The van der Waals surface area contributed by atoms with Crippen molar-refractivity contribution in [3.63, 3.8) is 0 Å². The molecule has 0 unspecified atom stereocenters. The fourth-order valence-corrected chi connectivity index (χ4v) is 2.22. The van der Waals surface area contributed by atoms with Gasteiger partial charge in [-0.25, -0.2) is 4.98 Å². The fraction of sp³-hybridized carbons (Fsp3) is 0.600. The number of hydrogen-bond donors (Lipinski definition) is 1. The van der Waals surface area contributed by atoms with Crippen molar-refractivity contribution in [3.8, 4) is 0 Å². The maximum Gasteiger partial charge on any atom is 0.224 e. The van der Waals surface area contributed by atoms with E-state index in [0.29, 0.717) is 10.8 Å². The molecule has 1 fully saturated rings. The number of nitrogens with zero attached hydrogens (tertiary/aromatic N) is 2. The third-order valence-corrected chi connectivity index (χ3v) is 3.21. The van der Waals surface area contributed by atoms with E-state index >= 15 is 0 Å². The number of halogens is 2. The Hall–Kier alpha value is -0.540. The van der Waals surface area contributed by atoms with Gasteiger partial charge in [0.2, 0.25) is 5.28 Å². The monoisotopic (exact) mass is 245 g/mol. The third-order valence-electron chi connectivity index (χ3n) is 2.75. The van der Waals surface area contributed by atoms with Crippen molar-refractivity contribution >= 4 is 29.0 Å². The van der Waals surface area contributed by atoms with Gasteiger partial charge in [-0.15, -0.1) is 0 Å². The van der Waals surface area contributed by atoms with Gasteiger partial charge in [0, 0.05) is 6.54 Å². The molecule has 1 N–H and O–H groups in total. The van der Waals surface area contributed by atoms with E-state index in [1.165, 1.54) is 31.9 Å². The summed E-state index contributed by atoms with van der Waals surface area (Å²) in [7, 11) is 0. The lowest BCUT2D eigenvalue weighted by molar-refractivity contribution is 0.579. The Morgan fingerprint density at radius 1 is 1.33 bits per heavy atom. The first kappa shape index (κ1) is 11.0. The van der Waals surface area contributed by atoms with E-state index in [1.54, 1.807) is 0 Å². The Morgan fingerprint density at radius 2 is 2.07 bits per heavy atom. The smallest absolute Gasteiger partial charge is 0.224 e. The van der Waals surface area contributed by atoms with Gasteiger partial charge in [-0.1, -0.05) is 24.4 Å². The van der Waals surface area contributed by atoms with Crippen molar-refractivity contribution in [1.29, 1.82) is 0 Å². The zero-order valence-electron chi connectivity index (χ0n) is 8.34. The lowest BCUT2D eigenvalue weighted by atomic mass is 10.1. The van der Waals surface area contributed by atoms with Crippen LogP contribution in [-0.4, -0.2) is 16.5 Å². The van der Waals surface area contributed by atoms with E-state index in [0.717, 1.165) is 12.5 Å². The molecule has 0 radical (unpaired) electrons. The van der Waals surface area contributed by atoms with Gasteiger partial charge >= 0.3 is 0 Å². The van der Waals surface area contributed by atoms with Crippen LogP contribution in [0.4, 0.5) is 5.82 Å². The van der Waals surface area contributed by atoms with Crippen LogP contribution in [0.3, 0.4) is 0 Å². The molecule has 0 atom stereocenters. The molecule has 2 rings (SSSR count). The Balaban J connectivity index is 1.94. The van der Waals surface area contributed by atoms with Gasteiger partial charge < -0.3 is 5.32 Å². The zero-order valence-corrected chi connectivity index (χ0v) is 9.85. The van der Waals surface area contributed by atoms with Crippen LogP contribution >= 0.6 is 23.2 Å². The molecule has 0 aliphatic heterocycles. The van der Waals surface area contributed by atoms with Crippen LogP contribution in [0, 0.1) is 5.92 Å². The van der Waals surface area contributed by atoms with Crippen LogP contribution in [0.25, 0.3) is 0 Å². The highest BCUT2D eigenvalue weighted by molar-refractivity contribution is 6.33. The molecule has 82 valence electrons. The van der Waals surface area contributed by atoms with Crippen molar-refractivity contribution in [2.75, 3.05) is 11.9 Å². The van der Waals surface area contributed by atoms with Crippen molar-refractivity contribution < 1.29 is 0 Å². The lowest BCUT2D eigenvalue weighted by Crippen LogP contribution is -2.12. The van der Waals surface area contributed by atoms with E-state index in [-0.39, 0.29) is 5.28 Å². The van der Waals surface area contributed by atoms with Gasteiger partial charge in [-0.05, 0) is 30.4 Å². The minimum atomic E-state index is 0.230. The average molecular weight is 246 g/mol. The molecule has 1 aliphatic carbocycles. The predicted molar refractivity (Wildman–Crippen MR) is 62.5 cm³/mol. The second-order valence-corrected chi connectivity index (χ2v) is 4.61. The van der Waals surface area contributed by atoms with Crippen LogP contribution in [0.5, 0.6) is 0 Å². The first-order valence-electron chi connectivity index (χ1n) is 5.17. The van der Waals surface area contributed by atoms with Crippen LogP contribution in [-0.2, 0) is 0 Å². The maximum absolute atomic E-state index is 5.94. The molecule has 1 heterocycles. The predicted octanol–water partition coefficient (Wildman–Crippen LogP) is 3.39. The van der Waals surface area contributed by atoms with Gasteiger partial charge in [-0.2, -0.15) is 4.98 Å². The summed E-state index contributed by atoms with van der Waals surface area (Å²) in [6, 6.07) is 0. The summed E-state index contributed by atoms with van der Waals surface area (Å²) in [4.78, 5) is 7.85. The number of hydrogen-bond acceptors (Lipinski definition) is 3. The normalized spacial score (nSPS) is 16.9. The SMILES string of the molecule is Clc1ncc(Cl)c(NCC2CCCC2)n1. The van der Waals surface area contributed by atoms with E-state index in [4.69, 9.17) is 23.2 Å². The van der Waals surface area contributed by atoms with Crippen LogP contribution < -0.4 is 5.32 Å². The first-order valence-corrected chi connectivity index (χ1v) is 5.93. The quantitative estimate of drug-likeness (QED) is 0.830. The van der Waals surface area contributed by atoms with Gasteiger partial charge in [0.05, 0.1) is 6.20 Å². The van der Waals surface area contributed by atoms with Crippen LogP contribution in [0.2, 0.25) is 10.3 Å². The summed E-state index contributed by atoms with van der Waals surface area (Å²) in [5.74, 6) is 1.39. The number of aromatic nitrogens is 2. The van der Waals surface area contributed by atoms with Gasteiger partial charge in [0.25, 0.3) is 0 Å². The van der Waals surface area contributed by atoms with Crippen LogP contribution in [0.15, 0.2) is 6.20 Å². The molecule has 5 heteroatoms. The summed E-state index contributed by atoms with van der Waals surface area (Å²) >= 11 is 11.6. The largest absolute Gasteiger partial charge is 0.368 e. The van der Waals surface area contributed by atoms with Crippen molar-refractivity contribution in [2.45, 2.75) is 25.7 Å². The second-order valence-electron chi connectivity index (χ2n) is 3.87. The number of nitrogens with one attached hydrogen (secondary N) is 1. The lowest BCUT2D eigenvalue weighted by Gasteiger charge is -2.11. The van der Waals surface area contributed by atoms with E-state index in [9.17, 15) is 0 Å². The molecular weight excluding hydrogens is 233 g/mol. The summed E-state index contributed by atoms with van der Waals surface area (Å²) < 4.78 is 0. The summed E-state index contributed by atoms with van der Waals surface area (Å²) in [5.41, 5.74) is 0. The highest BCUT2D eigenvalue weighted by atomic mass is 35.5. The van der Waals surface area contributed by atoms with Crippen molar-refractivity contribution in [3.05, 3.63) is 16.5 Å². The molecule has 1 aromatic heterocycles. The molecule has 0 bridgehead atoms.